The number of Topliss-reactive ketones (excluding diaryl/α,β-unsaturated/α-hetero) is 1. The number of fused-ring (bicyclic) bond motifs is 1. The number of piperidine rings is 2. The summed E-state index contributed by atoms with van der Waals surface area (Å²) in [7, 11) is 3.31. The van der Waals surface area contributed by atoms with Gasteiger partial charge in [-0.05, 0) is 59.7 Å². The lowest BCUT2D eigenvalue weighted by atomic mass is 9.85. The summed E-state index contributed by atoms with van der Waals surface area (Å²) in [6, 6.07) is 4.66. The maximum atomic E-state index is 12.2. The highest BCUT2D eigenvalue weighted by Gasteiger charge is 2.37. The smallest absolute Gasteiger partial charge is 0.161 e. The van der Waals surface area contributed by atoms with Gasteiger partial charge in [-0.1, -0.05) is 6.42 Å². The first-order valence-corrected chi connectivity index (χ1v) is 8.90. The van der Waals surface area contributed by atoms with Gasteiger partial charge < -0.3 is 9.47 Å². The zero-order valence-corrected chi connectivity index (χ0v) is 15.3. The maximum absolute atomic E-state index is 12.2. The first-order valence-electron chi connectivity index (χ1n) is 7.83. The van der Waals surface area contributed by atoms with Crippen molar-refractivity contribution in [3.05, 3.63) is 21.3 Å². The van der Waals surface area contributed by atoms with Crippen molar-refractivity contribution in [3.8, 4) is 11.5 Å². The van der Waals surface area contributed by atoms with Crippen molar-refractivity contribution >= 4 is 28.4 Å². The molecule has 2 atom stereocenters. The Morgan fingerprint density at radius 3 is 2.59 bits per heavy atom. The van der Waals surface area contributed by atoms with Crippen LogP contribution in [0.5, 0.6) is 11.5 Å². The topological polar surface area (TPSA) is 38.8 Å². The minimum atomic E-state index is 0.179. The van der Waals surface area contributed by atoms with E-state index in [1.807, 2.05) is 6.07 Å². The lowest BCUT2D eigenvalue weighted by Gasteiger charge is -2.44. The van der Waals surface area contributed by atoms with E-state index < -0.39 is 0 Å². The predicted molar refractivity (Wildman–Crippen MR) is 93.6 cm³/mol. The van der Waals surface area contributed by atoms with Crippen molar-refractivity contribution < 1.29 is 14.3 Å². The molecule has 0 bridgehead atoms. The SMILES string of the molecule is COc1cc(I)c([C@@H]2CC(=O)C[C@@H]3CCCCN32)cc1OC. The number of ketones is 1. The molecular formula is C17H22INO3. The molecule has 2 aliphatic rings. The van der Waals surface area contributed by atoms with Crippen molar-refractivity contribution in [2.45, 2.75) is 44.2 Å². The average molecular weight is 415 g/mol. The Bertz CT molecular complexity index is 575. The number of methoxy groups -OCH3 is 2. The largest absolute Gasteiger partial charge is 0.493 e. The van der Waals surface area contributed by atoms with Gasteiger partial charge in [0.05, 0.1) is 14.2 Å². The number of benzene rings is 1. The number of ether oxygens (including phenoxy) is 2. The van der Waals surface area contributed by atoms with Gasteiger partial charge in [0.1, 0.15) is 5.78 Å². The first kappa shape index (κ1) is 16.1. The molecule has 2 saturated heterocycles. The summed E-state index contributed by atoms with van der Waals surface area (Å²) >= 11 is 2.34. The molecule has 1 aromatic carbocycles. The number of hydrogen-bond acceptors (Lipinski definition) is 4. The molecule has 2 aliphatic heterocycles. The zero-order chi connectivity index (χ0) is 15.7. The fourth-order valence-corrected chi connectivity index (χ4v) is 4.54. The lowest BCUT2D eigenvalue weighted by Crippen LogP contribution is -2.47. The fraction of sp³-hybridized carbons (Fsp3) is 0.588. The van der Waals surface area contributed by atoms with E-state index in [0.29, 0.717) is 18.2 Å². The van der Waals surface area contributed by atoms with Crippen molar-refractivity contribution in [3.63, 3.8) is 0 Å². The summed E-state index contributed by atoms with van der Waals surface area (Å²) in [5.41, 5.74) is 1.19. The number of nitrogens with zero attached hydrogens (tertiary/aromatic N) is 1. The van der Waals surface area contributed by atoms with Crippen LogP contribution in [0.1, 0.15) is 43.7 Å². The number of carbonyl (C=O) groups is 1. The Morgan fingerprint density at radius 1 is 1.14 bits per heavy atom. The minimum Gasteiger partial charge on any atom is -0.493 e. The van der Waals surface area contributed by atoms with Crippen LogP contribution in [-0.4, -0.2) is 37.5 Å². The molecule has 0 amide bonds. The molecule has 0 N–H and O–H groups in total. The zero-order valence-electron chi connectivity index (χ0n) is 13.1. The molecule has 22 heavy (non-hydrogen) atoms. The molecule has 0 spiro atoms. The summed E-state index contributed by atoms with van der Waals surface area (Å²) in [5, 5.41) is 0. The van der Waals surface area contributed by atoms with Crippen molar-refractivity contribution in [2.24, 2.45) is 0 Å². The van der Waals surface area contributed by atoms with Crippen LogP contribution in [0.2, 0.25) is 0 Å². The van der Waals surface area contributed by atoms with Crippen LogP contribution in [0.4, 0.5) is 0 Å². The molecule has 2 heterocycles. The van der Waals surface area contributed by atoms with Crippen LogP contribution in [0.15, 0.2) is 12.1 Å². The van der Waals surface area contributed by atoms with Gasteiger partial charge in [-0.15, -0.1) is 0 Å². The third kappa shape index (κ3) is 2.97. The van der Waals surface area contributed by atoms with E-state index >= 15 is 0 Å². The summed E-state index contributed by atoms with van der Waals surface area (Å²) < 4.78 is 12.0. The number of rotatable bonds is 3. The molecule has 3 rings (SSSR count). The molecule has 5 heteroatoms. The second kappa shape index (κ2) is 6.74. The third-order valence-electron chi connectivity index (χ3n) is 4.82. The second-order valence-corrected chi connectivity index (χ2v) is 7.24. The molecule has 0 aliphatic carbocycles. The van der Waals surface area contributed by atoms with Crippen LogP contribution >= 0.6 is 22.6 Å². The van der Waals surface area contributed by atoms with Crippen LogP contribution in [-0.2, 0) is 4.79 Å². The van der Waals surface area contributed by atoms with E-state index in [9.17, 15) is 4.79 Å². The van der Waals surface area contributed by atoms with Gasteiger partial charge in [0.2, 0.25) is 0 Å². The first-order chi connectivity index (χ1) is 10.6. The Balaban J connectivity index is 1.99. The molecule has 120 valence electrons. The Hall–Kier alpha value is -0.820. The van der Waals surface area contributed by atoms with Gasteiger partial charge in [0.15, 0.2) is 11.5 Å². The molecule has 1 aromatic rings. The van der Waals surface area contributed by atoms with Crippen LogP contribution in [0.3, 0.4) is 0 Å². The summed E-state index contributed by atoms with van der Waals surface area (Å²) in [6.45, 7) is 1.09. The van der Waals surface area contributed by atoms with Gasteiger partial charge in [-0.25, -0.2) is 0 Å². The summed E-state index contributed by atoms with van der Waals surface area (Å²) in [5.74, 6) is 1.87. The third-order valence-corrected chi connectivity index (χ3v) is 5.75. The number of carbonyl (C=O) groups excluding carboxylic acids is 1. The van der Waals surface area contributed by atoms with E-state index in [-0.39, 0.29) is 6.04 Å². The van der Waals surface area contributed by atoms with Gasteiger partial charge in [0.25, 0.3) is 0 Å². The van der Waals surface area contributed by atoms with E-state index in [4.69, 9.17) is 9.47 Å². The predicted octanol–water partition coefficient (Wildman–Crippen LogP) is 3.57. The molecule has 0 aromatic heterocycles. The van der Waals surface area contributed by atoms with Gasteiger partial charge in [-0.2, -0.15) is 0 Å². The van der Waals surface area contributed by atoms with E-state index in [1.165, 1.54) is 18.4 Å². The quantitative estimate of drug-likeness (QED) is 0.708. The van der Waals surface area contributed by atoms with Crippen LogP contribution in [0, 0.1) is 3.57 Å². The van der Waals surface area contributed by atoms with E-state index in [1.54, 1.807) is 14.2 Å². The molecule has 0 unspecified atom stereocenters. The molecule has 0 radical (unpaired) electrons. The van der Waals surface area contributed by atoms with E-state index in [0.717, 1.165) is 34.5 Å². The van der Waals surface area contributed by atoms with Crippen LogP contribution < -0.4 is 9.47 Å². The van der Waals surface area contributed by atoms with Crippen molar-refractivity contribution in [1.82, 2.24) is 4.90 Å². The number of hydrogen-bond donors (Lipinski definition) is 0. The Morgan fingerprint density at radius 2 is 1.86 bits per heavy atom. The lowest BCUT2D eigenvalue weighted by molar-refractivity contribution is -0.126. The van der Waals surface area contributed by atoms with Crippen LogP contribution in [0.25, 0.3) is 0 Å². The average Bonchev–Trinajstić information content (AvgIpc) is 2.53. The molecule has 4 nitrogen and oxygen atoms in total. The van der Waals surface area contributed by atoms with E-state index in [2.05, 4.69) is 33.6 Å². The monoisotopic (exact) mass is 415 g/mol. The van der Waals surface area contributed by atoms with Gasteiger partial charge >= 0.3 is 0 Å². The molecular weight excluding hydrogens is 393 g/mol. The molecule has 2 fully saturated rings. The van der Waals surface area contributed by atoms with Gasteiger partial charge in [0, 0.05) is 28.5 Å². The maximum Gasteiger partial charge on any atom is 0.161 e. The van der Waals surface area contributed by atoms with Crippen molar-refractivity contribution in [1.29, 1.82) is 0 Å². The standard InChI is InChI=1S/C17H22INO3/c1-21-16-9-13(14(18)10-17(16)22-2)15-8-12(20)7-11-5-3-4-6-19(11)15/h9-11,15H,3-8H2,1-2H3/t11-,15-/m0/s1. The fourth-order valence-electron chi connectivity index (χ4n) is 3.75. The summed E-state index contributed by atoms with van der Waals surface area (Å²) in [6.07, 6.45) is 4.95. The number of halogens is 1. The Kier molecular flexibility index (Phi) is 4.92. The highest BCUT2D eigenvalue weighted by atomic mass is 127. The second-order valence-electron chi connectivity index (χ2n) is 6.08. The highest BCUT2D eigenvalue weighted by Crippen LogP contribution is 2.42. The summed E-state index contributed by atoms with van der Waals surface area (Å²) in [4.78, 5) is 14.7. The minimum absolute atomic E-state index is 0.179. The van der Waals surface area contributed by atoms with Crippen molar-refractivity contribution in [2.75, 3.05) is 20.8 Å². The normalized spacial score (nSPS) is 25.7. The highest BCUT2D eigenvalue weighted by molar-refractivity contribution is 14.1. The van der Waals surface area contributed by atoms with Gasteiger partial charge in [-0.3, -0.25) is 9.69 Å². The molecule has 0 saturated carbocycles. The Labute approximate surface area is 145 Å².